The van der Waals surface area contributed by atoms with Gasteiger partial charge < -0.3 is 5.11 Å². The molecule has 4 nitrogen and oxygen atoms in total. The fourth-order valence-corrected chi connectivity index (χ4v) is 2.41. The van der Waals surface area contributed by atoms with Gasteiger partial charge in [0.15, 0.2) is 0 Å². The summed E-state index contributed by atoms with van der Waals surface area (Å²) in [5.41, 5.74) is 1.54. The molecular formula is C15H17BrN2O2. The van der Waals surface area contributed by atoms with E-state index in [4.69, 9.17) is 0 Å². The molecule has 0 amide bonds. The molecule has 0 fully saturated rings. The predicted octanol–water partition coefficient (Wildman–Crippen LogP) is 4.06. The molecule has 0 spiro atoms. The Kier molecular flexibility index (Phi) is 4.60. The van der Waals surface area contributed by atoms with Crippen molar-refractivity contribution in [1.29, 1.82) is 0 Å². The molecule has 0 aliphatic heterocycles. The van der Waals surface area contributed by atoms with E-state index in [0.717, 1.165) is 23.0 Å². The maximum absolute atomic E-state index is 11.4. The van der Waals surface area contributed by atoms with Gasteiger partial charge in [-0.3, -0.25) is 4.68 Å². The molecule has 0 bridgehead atoms. The van der Waals surface area contributed by atoms with Crippen LogP contribution >= 0.6 is 15.9 Å². The molecular weight excluding hydrogens is 320 g/mol. The molecule has 0 saturated heterocycles. The lowest BCUT2D eigenvalue weighted by Gasteiger charge is -2.04. The zero-order valence-electron chi connectivity index (χ0n) is 11.5. The number of halogens is 1. The highest BCUT2D eigenvalue weighted by Crippen LogP contribution is 2.29. The normalized spacial score (nSPS) is 11.0. The van der Waals surface area contributed by atoms with Gasteiger partial charge in [-0.15, -0.1) is 0 Å². The molecule has 0 atom stereocenters. The van der Waals surface area contributed by atoms with E-state index in [0.29, 0.717) is 11.6 Å². The largest absolute Gasteiger partial charge is 0.478 e. The Labute approximate surface area is 126 Å². The summed E-state index contributed by atoms with van der Waals surface area (Å²) < 4.78 is 2.56. The Morgan fingerprint density at radius 2 is 2.10 bits per heavy atom. The molecule has 2 rings (SSSR count). The Morgan fingerprint density at radius 1 is 1.40 bits per heavy atom. The first-order valence-corrected chi connectivity index (χ1v) is 7.34. The van der Waals surface area contributed by atoms with Gasteiger partial charge in [0.1, 0.15) is 11.3 Å². The van der Waals surface area contributed by atoms with E-state index in [1.54, 1.807) is 10.9 Å². The van der Waals surface area contributed by atoms with E-state index in [9.17, 15) is 9.90 Å². The second kappa shape index (κ2) is 6.22. The molecule has 0 saturated carbocycles. The minimum atomic E-state index is -0.952. The topological polar surface area (TPSA) is 55.1 Å². The van der Waals surface area contributed by atoms with Crippen LogP contribution in [0.3, 0.4) is 0 Å². The third kappa shape index (κ3) is 3.28. The van der Waals surface area contributed by atoms with Crippen molar-refractivity contribution >= 4 is 21.9 Å². The average molecular weight is 337 g/mol. The van der Waals surface area contributed by atoms with Crippen molar-refractivity contribution in [3.05, 3.63) is 40.5 Å². The number of hydrogen-bond acceptors (Lipinski definition) is 2. The van der Waals surface area contributed by atoms with Gasteiger partial charge >= 0.3 is 5.97 Å². The molecule has 0 radical (unpaired) electrons. The van der Waals surface area contributed by atoms with Crippen LogP contribution in [-0.2, 0) is 6.54 Å². The number of carboxylic acids is 1. The number of benzene rings is 1. The van der Waals surface area contributed by atoms with Crippen molar-refractivity contribution in [1.82, 2.24) is 9.78 Å². The molecule has 106 valence electrons. The van der Waals surface area contributed by atoms with Gasteiger partial charge in [-0.2, -0.15) is 5.10 Å². The summed E-state index contributed by atoms with van der Waals surface area (Å²) in [6.07, 6.45) is 2.58. The molecule has 20 heavy (non-hydrogen) atoms. The lowest BCUT2D eigenvalue weighted by molar-refractivity contribution is 0.0697. The molecule has 1 N–H and O–H groups in total. The number of aryl methyl sites for hydroxylation is 1. The first-order chi connectivity index (χ1) is 9.49. The van der Waals surface area contributed by atoms with Crippen LogP contribution in [0.4, 0.5) is 0 Å². The van der Waals surface area contributed by atoms with Gasteiger partial charge in [0.2, 0.25) is 0 Å². The lowest BCUT2D eigenvalue weighted by Crippen LogP contribution is -2.02. The van der Waals surface area contributed by atoms with E-state index in [-0.39, 0.29) is 5.56 Å². The Balaban J connectivity index is 2.41. The number of carboxylic acid groups (broad SMARTS) is 1. The molecule has 1 heterocycles. The maximum Gasteiger partial charge on any atom is 0.339 e. The monoisotopic (exact) mass is 336 g/mol. The van der Waals surface area contributed by atoms with Gasteiger partial charge in [0.05, 0.1) is 0 Å². The van der Waals surface area contributed by atoms with Crippen LogP contribution < -0.4 is 0 Å². The molecule has 5 heteroatoms. The summed E-state index contributed by atoms with van der Waals surface area (Å²) >= 11 is 3.45. The fraction of sp³-hybridized carbons (Fsp3) is 0.333. The number of carbonyl (C=O) groups is 1. The van der Waals surface area contributed by atoms with E-state index in [2.05, 4.69) is 34.9 Å². The van der Waals surface area contributed by atoms with Crippen LogP contribution in [0, 0.1) is 5.92 Å². The van der Waals surface area contributed by atoms with Gasteiger partial charge in [0.25, 0.3) is 0 Å². The second-order valence-corrected chi connectivity index (χ2v) is 5.98. The number of nitrogens with zero attached hydrogens (tertiary/aromatic N) is 2. The van der Waals surface area contributed by atoms with E-state index >= 15 is 0 Å². The third-order valence-electron chi connectivity index (χ3n) is 3.06. The van der Waals surface area contributed by atoms with E-state index in [1.165, 1.54) is 0 Å². The maximum atomic E-state index is 11.4. The van der Waals surface area contributed by atoms with Crippen molar-refractivity contribution in [3.63, 3.8) is 0 Å². The highest BCUT2D eigenvalue weighted by Gasteiger charge is 2.18. The Bertz CT molecular complexity index is 620. The fourth-order valence-electron chi connectivity index (χ4n) is 1.94. The SMILES string of the molecule is CC(C)CCn1cc(C(=O)O)c(-c2ccccc2Br)n1. The molecule has 0 aliphatic carbocycles. The van der Waals surface area contributed by atoms with Gasteiger partial charge in [-0.1, -0.05) is 48.0 Å². The van der Waals surface area contributed by atoms with Gasteiger partial charge in [0, 0.05) is 22.8 Å². The first kappa shape index (κ1) is 14.8. The van der Waals surface area contributed by atoms with E-state index in [1.807, 2.05) is 24.3 Å². The summed E-state index contributed by atoms with van der Waals surface area (Å²) in [4.78, 5) is 11.4. The van der Waals surface area contributed by atoms with Crippen molar-refractivity contribution in [2.24, 2.45) is 5.92 Å². The van der Waals surface area contributed by atoms with Crippen LogP contribution in [0.25, 0.3) is 11.3 Å². The Morgan fingerprint density at radius 3 is 2.70 bits per heavy atom. The third-order valence-corrected chi connectivity index (χ3v) is 3.75. The van der Waals surface area contributed by atoms with Gasteiger partial charge in [-0.05, 0) is 18.4 Å². The summed E-state index contributed by atoms with van der Waals surface area (Å²) in [6, 6.07) is 7.52. The number of aromatic carboxylic acids is 1. The first-order valence-electron chi connectivity index (χ1n) is 6.54. The minimum Gasteiger partial charge on any atom is -0.478 e. The van der Waals surface area contributed by atoms with Crippen LogP contribution in [0.1, 0.15) is 30.6 Å². The van der Waals surface area contributed by atoms with Crippen LogP contribution in [0.15, 0.2) is 34.9 Å². The van der Waals surface area contributed by atoms with Gasteiger partial charge in [-0.25, -0.2) is 4.79 Å². The van der Waals surface area contributed by atoms with Crippen LogP contribution in [0.5, 0.6) is 0 Å². The molecule has 1 aromatic heterocycles. The summed E-state index contributed by atoms with van der Waals surface area (Å²) in [6.45, 7) is 5.00. The lowest BCUT2D eigenvalue weighted by atomic mass is 10.1. The van der Waals surface area contributed by atoms with Crippen molar-refractivity contribution < 1.29 is 9.90 Å². The van der Waals surface area contributed by atoms with Crippen molar-refractivity contribution in [2.75, 3.05) is 0 Å². The molecule has 2 aromatic rings. The van der Waals surface area contributed by atoms with Crippen molar-refractivity contribution in [3.8, 4) is 11.3 Å². The quantitative estimate of drug-likeness (QED) is 0.895. The second-order valence-electron chi connectivity index (χ2n) is 5.12. The van der Waals surface area contributed by atoms with Crippen LogP contribution in [-0.4, -0.2) is 20.9 Å². The van der Waals surface area contributed by atoms with Crippen molar-refractivity contribution in [2.45, 2.75) is 26.8 Å². The number of aromatic nitrogens is 2. The highest BCUT2D eigenvalue weighted by atomic mass is 79.9. The van der Waals surface area contributed by atoms with Crippen LogP contribution in [0.2, 0.25) is 0 Å². The number of hydrogen-bond donors (Lipinski definition) is 1. The van der Waals surface area contributed by atoms with E-state index < -0.39 is 5.97 Å². The standard InChI is InChI=1S/C15H17BrN2O2/c1-10(2)7-8-18-9-12(15(19)20)14(17-18)11-5-3-4-6-13(11)16/h3-6,9-10H,7-8H2,1-2H3,(H,19,20). The highest BCUT2D eigenvalue weighted by molar-refractivity contribution is 9.10. The molecule has 0 unspecified atom stereocenters. The minimum absolute atomic E-state index is 0.237. The summed E-state index contributed by atoms with van der Waals surface area (Å²) in [5.74, 6) is -0.397. The zero-order chi connectivity index (χ0) is 14.7. The smallest absolute Gasteiger partial charge is 0.339 e. The zero-order valence-corrected chi connectivity index (χ0v) is 13.1. The Hall–Kier alpha value is -1.62. The average Bonchev–Trinajstić information content (AvgIpc) is 2.81. The molecule has 1 aromatic carbocycles. The molecule has 0 aliphatic rings. The number of rotatable bonds is 5. The summed E-state index contributed by atoms with van der Waals surface area (Å²) in [7, 11) is 0. The summed E-state index contributed by atoms with van der Waals surface area (Å²) in [5, 5.41) is 13.8. The predicted molar refractivity (Wildman–Crippen MR) is 81.8 cm³/mol.